The van der Waals surface area contributed by atoms with Crippen molar-refractivity contribution in [2.45, 2.75) is 31.8 Å². The fraction of sp³-hybridized carbons (Fsp3) is 0.174. The highest BCUT2D eigenvalue weighted by atomic mass is 35.5. The molecular weight excluding hydrogens is 436 g/mol. The van der Waals surface area contributed by atoms with E-state index in [4.69, 9.17) is 16.3 Å². The molecule has 3 aromatic rings. The summed E-state index contributed by atoms with van der Waals surface area (Å²) in [6, 6.07) is 17.8. The van der Waals surface area contributed by atoms with Gasteiger partial charge in [0.2, 0.25) is 0 Å². The molecule has 0 atom stereocenters. The third-order valence-corrected chi connectivity index (χ3v) is 5.99. The quantitative estimate of drug-likeness (QED) is 0.490. The topological polar surface area (TPSA) is 84.5 Å². The Morgan fingerprint density at radius 2 is 1.55 bits per heavy atom. The maximum Gasteiger partial charge on any atom is 0.261 e. The van der Waals surface area contributed by atoms with E-state index in [1.54, 1.807) is 36.4 Å². The predicted molar refractivity (Wildman–Crippen MR) is 124 cm³/mol. The number of anilines is 2. The summed E-state index contributed by atoms with van der Waals surface area (Å²) < 4.78 is 33.1. The molecule has 0 spiro atoms. The van der Waals surface area contributed by atoms with Crippen LogP contribution >= 0.6 is 11.6 Å². The minimum atomic E-state index is -3.76. The molecule has 0 saturated carbocycles. The summed E-state index contributed by atoms with van der Waals surface area (Å²) in [7, 11) is -3.76. The first-order chi connectivity index (χ1) is 14.6. The zero-order chi connectivity index (χ0) is 22.6. The van der Waals surface area contributed by atoms with E-state index < -0.39 is 15.9 Å². The van der Waals surface area contributed by atoms with Crippen LogP contribution in [0.2, 0.25) is 5.02 Å². The molecule has 0 heterocycles. The van der Waals surface area contributed by atoms with Crippen LogP contribution in [0.4, 0.5) is 11.4 Å². The predicted octanol–water partition coefficient (Wildman–Crippen LogP) is 5.49. The van der Waals surface area contributed by atoms with E-state index in [-0.39, 0.29) is 27.3 Å². The van der Waals surface area contributed by atoms with Crippen LogP contribution in [0, 0.1) is 6.92 Å². The lowest BCUT2D eigenvalue weighted by Gasteiger charge is -2.12. The van der Waals surface area contributed by atoms with Gasteiger partial charge in [0.05, 0.1) is 27.3 Å². The van der Waals surface area contributed by atoms with Crippen molar-refractivity contribution in [3.8, 4) is 5.75 Å². The number of hydrogen-bond donors (Lipinski definition) is 2. The third-order valence-electron chi connectivity index (χ3n) is 4.28. The number of ether oxygens (including phenoxy) is 1. The van der Waals surface area contributed by atoms with E-state index in [1.165, 1.54) is 30.3 Å². The second-order valence-electron chi connectivity index (χ2n) is 7.26. The second-order valence-corrected chi connectivity index (χ2v) is 9.35. The highest BCUT2D eigenvalue weighted by Crippen LogP contribution is 2.25. The van der Waals surface area contributed by atoms with Crippen molar-refractivity contribution in [1.82, 2.24) is 0 Å². The van der Waals surface area contributed by atoms with Crippen LogP contribution in [0.5, 0.6) is 5.75 Å². The zero-order valence-corrected chi connectivity index (χ0v) is 18.9. The molecule has 162 valence electrons. The van der Waals surface area contributed by atoms with E-state index in [0.717, 1.165) is 5.56 Å². The van der Waals surface area contributed by atoms with Crippen molar-refractivity contribution >= 4 is 38.9 Å². The maximum absolute atomic E-state index is 12.6. The summed E-state index contributed by atoms with van der Waals surface area (Å²) >= 11 is 6.25. The Morgan fingerprint density at radius 3 is 2.13 bits per heavy atom. The summed E-state index contributed by atoms with van der Waals surface area (Å²) in [5, 5.41) is 2.89. The van der Waals surface area contributed by atoms with Crippen molar-refractivity contribution in [3.05, 3.63) is 82.9 Å². The van der Waals surface area contributed by atoms with Gasteiger partial charge in [-0.2, -0.15) is 0 Å². The number of carbonyl (C=O) groups is 1. The lowest BCUT2D eigenvalue weighted by molar-refractivity contribution is 0.102. The molecule has 0 bridgehead atoms. The summed E-state index contributed by atoms with van der Waals surface area (Å²) in [4.78, 5) is 12.7. The molecule has 6 nitrogen and oxygen atoms in total. The number of aryl methyl sites for hydroxylation is 1. The minimum Gasteiger partial charge on any atom is -0.491 e. The summed E-state index contributed by atoms with van der Waals surface area (Å²) in [5.41, 5.74) is 2.03. The molecule has 31 heavy (non-hydrogen) atoms. The fourth-order valence-electron chi connectivity index (χ4n) is 2.78. The number of nitrogens with one attached hydrogen (secondary N) is 2. The van der Waals surface area contributed by atoms with Gasteiger partial charge in [0.1, 0.15) is 5.75 Å². The van der Waals surface area contributed by atoms with Crippen molar-refractivity contribution in [3.63, 3.8) is 0 Å². The molecule has 0 saturated heterocycles. The molecule has 0 unspecified atom stereocenters. The Labute approximate surface area is 187 Å². The van der Waals surface area contributed by atoms with Gasteiger partial charge in [-0.15, -0.1) is 0 Å². The number of halogens is 1. The van der Waals surface area contributed by atoms with E-state index in [9.17, 15) is 13.2 Å². The first kappa shape index (κ1) is 22.7. The number of rotatable bonds is 7. The average Bonchev–Trinajstić information content (AvgIpc) is 2.69. The van der Waals surface area contributed by atoms with Crippen LogP contribution < -0.4 is 14.8 Å². The van der Waals surface area contributed by atoms with Gasteiger partial charge in [0, 0.05) is 5.69 Å². The van der Waals surface area contributed by atoms with Gasteiger partial charge < -0.3 is 10.1 Å². The van der Waals surface area contributed by atoms with Gasteiger partial charge in [-0.1, -0.05) is 29.3 Å². The molecule has 0 aromatic heterocycles. The van der Waals surface area contributed by atoms with Crippen molar-refractivity contribution in [2.24, 2.45) is 0 Å². The first-order valence-electron chi connectivity index (χ1n) is 9.61. The summed E-state index contributed by atoms with van der Waals surface area (Å²) in [6.07, 6.45) is 0.0567. The molecule has 0 fully saturated rings. The van der Waals surface area contributed by atoms with Gasteiger partial charge in [-0.05, 0) is 75.4 Å². The lowest BCUT2D eigenvalue weighted by Crippen LogP contribution is -2.15. The molecule has 0 aliphatic heterocycles. The first-order valence-corrected chi connectivity index (χ1v) is 11.5. The van der Waals surface area contributed by atoms with Gasteiger partial charge in [0.15, 0.2) is 0 Å². The molecule has 8 heteroatoms. The molecule has 0 aliphatic carbocycles. The van der Waals surface area contributed by atoms with Crippen LogP contribution in [-0.2, 0) is 10.0 Å². The van der Waals surface area contributed by atoms with Crippen LogP contribution in [0.25, 0.3) is 0 Å². The van der Waals surface area contributed by atoms with Crippen LogP contribution in [-0.4, -0.2) is 20.4 Å². The van der Waals surface area contributed by atoms with E-state index in [2.05, 4.69) is 10.0 Å². The van der Waals surface area contributed by atoms with Crippen LogP contribution in [0.1, 0.15) is 29.8 Å². The van der Waals surface area contributed by atoms with Crippen molar-refractivity contribution in [1.29, 1.82) is 0 Å². The molecule has 0 aliphatic rings. The summed E-state index contributed by atoms with van der Waals surface area (Å²) in [6.45, 7) is 5.74. The highest BCUT2D eigenvalue weighted by Gasteiger charge is 2.16. The lowest BCUT2D eigenvalue weighted by atomic mass is 10.2. The molecular formula is C23H23ClN2O4S. The molecule has 3 rings (SSSR count). The maximum atomic E-state index is 12.6. The van der Waals surface area contributed by atoms with E-state index in [0.29, 0.717) is 11.4 Å². The SMILES string of the molecule is Cc1ccc(S(=O)(=O)Nc2ccc(C(=O)Nc3ccc(OC(C)C)cc3)c(Cl)c2)cc1. The second kappa shape index (κ2) is 9.41. The molecule has 2 N–H and O–H groups in total. The standard InChI is InChI=1S/C23H23ClN2O4S/c1-15(2)30-19-9-6-17(7-10-19)25-23(27)21-13-8-18(14-22(21)24)26-31(28,29)20-11-4-16(3)5-12-20/h4-15,26H,1-3H3,(H,25,27). The molecule has 3 aromatic carbocycles. The monoisotopic (exact) mass is 458 g/mol. The third kappa shape index (κ3) is 5.99. The Bertz CT molecular complexity index is 1180. The van der Waals surface area contributed by atoms with Crippen molar-refractivity contribution < 1.29 is 17.9 Å². The Hall–Kier alpha value is -3.03. The molecule has 0 radical (unpaired) electrons. The number of carbonyl (C=O) groups excluding carboxylic acids is 1. The van der Waals surface area contributed by atoms with E-state index >= 15 is 0 Å². The number of amides is 1. The summed E-state index contributed by atoms with van der Waals surface area (Å²) in [5.74, 6) is 0.298. The Balaban J connectivity index is 1.71. The highest BCUT2D eigenvalue weighted by molar-refractivity contribution is 7.92. The molecule has 1 amide bonds. The largest absolute Gasteiger partial charge is 0.491 e. The normalized spacial score (nSPS) is 11.3. The van der Waals surface area contributed by atoms with Crippen LogP contribution in [0.15, 0.2) is 71.6 Å². The zero-order valence-electron chi connectivity index (χ0n) is 17.3. The van der Waals surface area contributed by atoms with Gasteiger partial charge in [-0.25, -0.2) is 8.42 Å². The number of sulfonamides is 1. The smallest absolute Gasteiger partial charge is 0.261 e. The fourth-order valence-corrected chi connectivity index (χ4v) is 4.10. The van der Waals surface area contributed by atoms with Gasteiger partial charge in [-0.3, -0.25) is 9.52 Å². The average molecular weight is 459 g/mol. The van der Waals surface area contributed by atoms with Crippen molar-refractivity contribution in [2.75, 3.05) is 10.0 Å². The Morgan fingerprint density at radius 1 is 0.935 bits per heavy atom. The van der Waals surface area contributed by atoms with Gasteiger partial charge in [0.25, 0.3) is 15.9 Å². The number of hydrogen-bond acceptors (Lipinski definition) is 4. The number of benzene rings is 3. The van der Waals surface area contributed by atoms with Crippen LogP contribution in [0.3, 0.4) is 0 Å². The Kier molecular flexibility index (Phi) is 6.87. The minimum absolute atomic E-state index is 0.0567. The van der Waals surface area contributed by atoms with E-state index in [1.807, 2.05) is 20.8 Å². The van der Waals surface area contributed by atoms with Gasteiger partial charge >= 0.3 is 0 Å².